The van der Waals surface area contributed by atoms with Crippen LogP contribution in [0.3, 0.4) is 0 Å². The van der Waals surface area contributed by atoms with Crippen molar-refractivity contribution in [1.82, 2.24) is 5.32 Å². The molecular weight excluding hydrogens is 321 g/mol. The monoisotopic (exact) mass is 335 g/mol. The van der Waals surface area contributed by atoms with Crippen LogP contribution in [0.15, 0.2) is 18.2 Å². The molecule has 1 aromatic carbocycles. The Hall–Kier alpha value is -0.610. The zero-order valence-corrected chi connectivity index (χ0v) is 12.7. The second-order valence-electron chi connectivity index (χ2n) is 4.88. The van der Waals surface area contributed by atoms with Gasteiger partial charge in [0, 0.05) is 11.9 Å². The van der Waals surface area contributed by atoms with Crippen LogP contribution in [0.4, 0.5) is 4.39 Å². The first-order valence-electron chi connectivity index (χ1n) is 5.65. The molecule has 0 spiro atoms. The van der Waals surface area contributed by atoms with Crippen LogP contribution in [-0.4, -0.2) is 17.8 Å². The van der Waals surface area contributed by atoms with Gasteiger partial charge in [-0.05, 0) is 24.0 Å². The number of benzene rings is 1. The lowest BCUT2D eigenvalue weighted by atomic mass is 9.90. The maximum atomic E-state index is 13.5. The molecule has 1 N–H and O–H groups in total. The molecule has 1 rings (SSSR count). The molecule has 2 nitrogen and oxygen atoms in total. The van der Waals surface area contributed by atoms with Gasteiger partial charge in [-0.1, -0.05) is 47.4 Å². The van der Waals surface area contributed by atoms with Crippen molar-refractivity contribution in [2.45, 2.75) is 20.3 Å². The smallest absolute Gasteiger partial charge is 0.255 e. The lowest BCUT2D eigenvalue weighted by Gasteiger charge is -2.24. The molecular formula is C13H16BrClFNO. The van der Waals surface area contributed by atoms with Crippen LogP contribution in [0, 0.1) is 11.2 Å². The lowest BCUT2D eigenvalue weighted by Crippen LogP contribution is -2.34. The number of amides is 1. The quantitative estimate of drug-likeness (QED) is 0.808. The summed E-state index contributed by atoms with van der Waals surface area (Å²) in [6.45, 7) is 4.55. The third-order valence-corrected chi connectivity index (χ3v) is 3.40. The van der Waals surface area contributed by atoms with E-state index in [0.717, 1.165) is 11.8 Å². The number of hydrogen-bond donors (Lipinski definition) is 1. The molecule has 0 saturated heterocycles. The van der Waals surface area contributed by atoms with Gasteiger partial charge in [-0.15, -0.1) is 0 Å². The van der Waals surface area contributed by atoms with Crippen LogP contribution in [0.2, 0.25) is 5.02 Å². The lowest BCUT2D eigenvalue weighted by molar-refractivity contribution is 0.0932. The van der Waals surface area contributed by atoms with Crippen LogP contribution in [0.25, 0.3) is 0 Å². The van der Waals surface area contributed by atoms with Gasteiger partial charge < -0.3 is 5.32 Å². The molecule has 0 bridgehead atoms. The Labute approximate surface area is 120 Å². The summed E-state index contributed by atoms with van der Waals surface area (Å²) in [6.07, 6.45) is 0.915. The second-order valence-corrected chi connectivity index (χ2v) is 6.08. The Kier molecular flexibility index (Phi) is 5.60. The van der Waals surface area contributed by atoms with Crippen molar-refractivity contribution in [1.29, 1.82) is 0 Å². The van der Waals surface area contributed by atoms with Crippen molar-refractivity contribution >= 4 is 33.4 Å². The van der Waals surface area contributed by atoms with Gasteiger partial charge in [0.15, 0.2) is 0 Å². The molecule has 0 heterocycles. The van der Waals surface area contributed by atoms with Crippen molar-refractivity contribution in [3.63, 3.8) is 0 Å². The van der Waals surface area contributed by atoms with E-state index in [1.54, 1.807) is 0 Å². The van der Waals surface area contributed by atoms with Gasteiger partial charge in [0.1, 0.15) is 5.82 Å². The molecule has 0 aliphatic carbocycles. The van der Waals surface area contributed by atoms with Crippen LogP contribution >= 0.6 is 27.5 Å². The molecule has 0 aromatic heterocycles. The fourth-order valence-electron chi connectivity index (χ4n) is 1.47. The van der Waals surface area contributed by atoms with E-state index in [0.29, 0.717) is 6.54 Å². The van der Waals surface area contributed by atoms with Gasteiger partial charge in [-0.3, -0.25) is 4.79 Å². The standard InChI is InChI=1S/C13H16BrClFNO/c1-13(2,6-7-14)8-17-12(18)11-9(15)4-3-5-10(11)16/h3-5H,6-8H2,1-2H3,(H,17,18). The second kappa shape index (κ2) is 6.53. The minimum atomic E-state index is -0.599. The molecule has 1 aromatic rings. The third-order valence-electron chi connectivity index (χ3n) is 2.69. The molecule has 18 heavy (non-hydrogen) atoms. The van der Waals surface area contributed by atoms with Crippen LogP contribution in [0.5, 0.6) is 0 Å². The maximum Gasteiger partial charge on any atom is 0.255 e. The number of hydrogen-bond acceptors (Lipinski definition) is 1. The summed E-state index contributed by atoms with van der Waals surface area (Å²) in [5.74, 6) is -1.07. The van der Waals surface area contributed by atoms with Gasteiger partial charge in [0.05, 0.1) is 10.6 Å². The highest BCUT2D eigenvalue weighted by Crippen LogP contribution is 2.22. The summed E-state index contributed by atoms with van der Waals surface area (Å²) in [4.78, 5) is 11.9. The van der Waals surface area contributed by atoms with E-state index in [1.165, 1.54) is 18.2 Å². The van der Waals surface area contributed by atoms with E-state index < -0.39 is 11.7 Å². The Morgan fingerprint density at radius 2 is 2.17 bits per heavy atom. The first kappa shape index (κ1) is 15.4. The van der Waals surface area contributed by atoms with Gasteiger partial charge in [-0.25, -0.2) is 4.39 Å². The molecule has 0 unspecified atom stereocenters. The van der Waals surface area contributed by atoms with E-state index in [-0.39, 0.29) is 16.0 Å². The molecule has 0 atom stereocenters. The van der Waals surface area contributed by atoms with Crippen LogP contribution in [0.1, 0.15) is 30.6 Å². The zero-order valence-electron chi connectivity index (χ0n) is 10.4. The number of alkyl halides is 1. The zero-order chi connectivity index (χ0) is 13.8. The fraction of sp³-hybridized carbons (Fsp3) is 0.462. The van der Waals surface area contributed by atoms with E-state index in [2.05, 4.69) is 21.2 Å². The van der Waals surface area contributed by atoms with Gasteiger partial charge in [0.2, 0.25) is 0 Å². The average Bonchev–Trinajstić information content (AvgIpc) is 2.26. The van der Waals surface area contributed by atoms with E-state index in [9.17, 15) is 9.18 Å². The maximum absolute atomic E-state index is 13.5. The minimum absolute atomic E-state index is 0.0447. The summed E-state index contributed by atoms with van der Waals surface area (Å²) in [5.41, 5.74) is -0.134. The fourth-order valence-corrected chi connectivity index (χ4v) is 2.79. The van der Waals surface area contributed by atoms with Gasteiger partial charge in [-0.2, -0.15) is 0 Å². The molecule has 0 fully saturated rings. The predicted molar refractivity (Wildman–Crippen MR) is 75.9 cm³/mol. The summed E-state index contributed by atoms with van der Waals surface area (Å²) >= 11 is 9.19. The van der Waals surface area contributed by atoms with E-state index >= 15 is 0 Å². The molecule has 5 heteroatoms. The first-order chi connectivity index (χ1) is 8.37. The molecule has 1 amide bonds. The number of carbonyl (C=O) groups excluding carboxylic acids is 1. The van der Waals surface area contributed by atoms with Crippen molar-refractivity contribution in [2.75, 3.05) is 11.9 Å². The Balaban J connectivity index is 2.72. The van der Waals surface area contributed by atoms with Crippen molar-refractivity contribution < 1.29 is 9.18 Å². The Morgan fingerprint density at radius 3 is 2.72 bits per heavy atom. The normalized spacial score (nSPS) is 11.4. The Morgan fingerprint density at radius 1 is 1.50 bits per heavy atom. The highest BCUT2D eigenvalue weighted by molar-refractivity contribution is 9.09. The van der Waals surface area contributed by atoms with Crippen LogP contribution in [-0.2, 0) is 0 Å². The predicted octanol–water partition coefficient (Wildman–Crippen LogP) is 4.02. The molecule has 100 valence electrons. The first-order valence-corrected chi connectivity index (χ1v) is 7.15. The highest BCUT2D eigenvalue weighted by atomic mass is 79.9. The number of halogens is 3. The highest BCUT2D eigenvalue weighted by Gasteiger charge is 2.21. The van der Waals surface area contributed by atoms with Crippen molar-refractivity contribution in [3.05, 3.63) is 34.6 Å². The van der Waals surface area contributed by atoms with Crippen molar-refractivity contribution in [2.24, 2.45) is 5.41 Å². The van der Waals surface area contributed by atoms with E-state index in [4.69, 9.17) is 11.6 Å². The van der Waals surface area contributed by atoms with Gasteiger partial charge >= 0.3 is 0 Å². The molecule has 0 aliphatic heterocycles. The third kappa shape index (κ3) is 4.25. The topological polar surface area (TPSA) is 29.1 Å². The summed E-state index contributed by atoms with van der Waals surface area (Å²) in [5, 5.41) is 3.71. The van der Waals surface area contributed by atoms with Crippen LogP contribution < -0.4 is 5.32 Å². The number of rotatable bonds is 5. The van der Waals surface area contributed by atoms with E-state index in [1.807, 2.05) is 13.8 Å². The summed E-state index contributed by atoms with van der Waals surface area (Å²) < 4.78 is 13.5. The Bertz CT molecular complexity index is 417. The van der Waals surface area contributed by atoms with Gasteiger partial charge in [0.25, 0.3) is 5.91 Å². The SMILES string of the molecule is CC(C)(CCBr)CNC(=O)c1c(F)cccc1Cl. The summed E-state index contributed by atoms with van der Waals surface area (Å²) in [6, 6.07) is 4.21. The number of carbonyl (C=O) groups is 1. The largest absolute Gasteiger partial charge is 0.351 e. The minimum Gasteiger partial charge on any atom is -0.351 e. The number of nitrogens with one attached hydrogen (secondary N) is 1. The molecule has 0 radical (unpaired) electrons. The summed E-state index contributed by atoms with van der Waals surface area (Å²) in [7, 11) is 0. The average molecular weight is 337 g/mol. The molecule has 0 aliphatic rings. The molecule has 0 saturated carbocycles. The van der Waals surface area contributed by atoms with Crippen molar-refractivity contribution in [3.8, 4) is 0 Å².